The molecular formula is C14H27N3O2. The van der Waals surface area contributed by atoms with Crippen molar-refractivity contribution in [1.82, 2.24) is 15.5 Å². The lowest BCUT2D eigenvalue weighted by atomic mass is 10.00. The first kappa shape index (κ1) is 14.8. The Hall–Kier alpha value is -0.650. The van der Waals surface area contributed by atoms with Gasteiger partial charge in [0.15, 0.2) is 0 Å². The molecule has 2 aliphatic heterocycles. The second-order valence-electron chi connectivity index (χ2n) is 6.00. The van der Waals surface area contributed by atoms with Crippen LogP contribution >= 0.6 is 0 Å². The van der Waals surface area contributed by atoms with Crippen molar-refractivity contribution in [2.24, 2.45) is 5.92 Å². The number of nitrogens with zero attached hydrogens (tertiary/aromatic N) is 1. The Labute approximate surface area is 116 Å². The van der Waals surface area contributed by atoms with Crippen LogP contribution in [-0.4, -0.2) is 62.3 Å². The molecule has 0 bridgehead atoms. The highest BCUT2D eigenvalue weighted by Crippen LogP contribution is 2.15. The first-order valence-electron chi connectivity index (χ1n) is 7.49. The maximum absolute atomic E-state index is 12.0. The van der Waals surface area contributed by atoms with Crippen LogP contribution in [0.1, 0.15) is 26.7 Å². The molecule has 1 amide bonds. The summed E-state index contributed by atoms with van der Waals surface area (Å²) in [5.74, 6) is 0.849. The molecule has 2 fully saturated rings. The third-order valence-electron chi connectivity index (χ3n) is 3.90. The number of ether oxygens (including phenoxy) is 1. The Morgan fingerprint density at radius 3 is 3.11 bits per heavy atom. The zero-order valence-corrected chi connectivity index (χ0v) is 12.2. The number of likely N-dealkylation sites (tertiary alicyclic amines) is 1. The number of hydrogen-bond donors (Lipinski definition) is 2. The zero-order chi connectivity index (χ0) is 13.7. The molecule has 5 heteroatoms. The number of amides is 1. The maximum Gasteiger partial charge on any atom is 0.239 e. The van der Waals surface area contributed by atoms with Crippen molar-refractivity contribution in [2.75, 3.05) is 39.4 Å². The van der Waals surface area contributed by atoms with E-state index in [4.69, 9.17) is 4.74 Å². The first-order valence-corrected chi connectivity index (χ1v) is 7.49. The molecule has 0 aromatic carbocycles. The van der Waals surface area contributed by atoms with E-state index in [1.165, 1.54) is 12.8 Å². The molecular weight excluding hydrogens is 242 g/mol. The Kier molecular flexibility index (Phi) is 5.60. The summed E-state index contributed by atoms with van der Waals surface area (Å²) in [7, 11) is 0. The highest BCUT2D eigenvalue weighted by Gasteiger charge is 2.24. The Morgan fingerprint density at radius 2 is 2.42 bits per heavy atom. The predicted octanol–water partition coefficient (Wildman–Crippen LogP) is 0.211. The van der Waals surface area contributed by atoms with E-state index in [0.717, 1.165) is 32.1 Å². The van der Waals surface area contributed by atoms with Crippen molar-refractivity contribution in [1.29, 1.82) is 0 Å². The van der Waals surface area contributed by atoms with Crippen LogP contribution in [0.3, 0.4) is 0 Å². The van der Waals surface area contributed by atoms with Crippen molar-refractivity contribution in [3.63, 3.8) is 0 Å². The lowest BCUT2D eigenvalue weighted by molar-refractivity contribution is -0.126. The van der Waals surface area contributed by atoms with Gasteiger partial charge in [0.25, 0.3) is 0 Å². The summed E-state index contributed by atoms with van der Waals surface area (Å²) in [6, 6.07) is 0.0120. The average molecular weight is 269 g/mol. The van der Waals surface area contributed by atoms with Gasteiger partial charge in [-0.2, -0.15) is 0 Å². The quantitative estimate of drug-likeness (QED) is 0.766. The van der Waals surface area contributed by atoms with Crippen molar-refractivity contribution in [3.05, 3.63) is 0 Å². The van der Waals surface area contributed by atoms with Crippen molar-refractivity contribution < 1.29 is 9.53 Å². The monoisotopic (exact) mass is 269 g/mol. The summed E-state index contributed by atoms with van der Waals surface area (Å²) in [6.45, 7) is 9.60. The molecule has 3 unspecified atom stereocenters. The summed E-state index contributed by atoms with van der Waals surface area (Å²) in [5.41, 5.74) is 0. The molecule has 0 aromatic heterocycles. The Balaban J connectivity index is 1.70. The molecule has 2 N–H and O–H groups in total. The number of hydrogen-bond acceptors (Lipinski definition) is 4. The lowest BCUT2D eigenvalue weighted by Crippen LogP contribution is -2.54. The van der Waals surface area contributed by atoms with Gasteiger partial charge in [-0.3, -0.25) is 4.79 Å². The van der Waals surface area contributed by atoms with E-state index in [0.29, 0.717) is 13.2 Å². The molecule has 5 nitrogen and oxygen atoms in total. The number of piperidine rings is 1. The zero-order valence-electron chi connectivity index (χ0n) is 12.2. The van der Waals surface area contributed by atoms with Gasteiger partial charge in [0.05, 0.1) is 13.2 Å². The van der Waals surface area contributed by atoms with Crippen LogP contribution in [0.15, 0.2) is 0 Å². The Morgan fingerprint density at radius 1 is 1.58 bits per heavy atom. The summed E-state index contributed by atoms with van der Waals surface area (Å²) in [6.07, 6.45) is 2.61. The molecule has 0 aliphatic carbocycles. The second kappa shape index (κ2) is 7.22. The second-order valence-corrected chi connectivity index (χ2v) is 6.00. The van der Waals surface area contributed by atoms with E-state index in [-0.39, 0.29) is 18.0 Å². The van der Waals surface area contributed by atoms with Crippen molar-refractivity contribution in [2.45, 2.75) is 38.8 Å². The topological polar surface area (TPSA) is 53.6 Å². The fourth-order valence-corrected chi connectivity index (χ4v) is 2.96. The lowest BCUT2D eigenvalue weighted by Gasteiger charge is -2.33. The van der Waals surface area contributed by atoms with Gasteiger partial charge in [-0.25, -0.2) is 0 Å². The van der Waals surface area contributed by atoms with Gasteiger partial charge in [-0.05, 0) is 32.2 Å². The van der Waals surface area contributed by atoms with Crippen LogP contribution in [0.4, 0.5) is 0 Å². The van der Waals surface area contributed by atoms with Crippen LogP contribution in [0.5, 0.6) is 0 Å². The molecule has 2 heterocycles. The fraction of sp³-hybridized carbons (Fsp3) is 0.929. The van der Waals surface area contributed by atoms with Gasteiger partial charge < -0.3 is 20.3 Å². The minimum absolute atomic E-state index is 0.0669. The van der Waals surface area contributed by atoms with Crippen LogP contribution in [0.25, 0.3) is 0 Å². The number of nitrogens with one attached hydrogen (secondary N) is 2. The highest BCUT2D eigenvalue weighted by molar-refractivity contribution is 5.82. The largest absolute Gasteiger partial charge is 0.378 e. The van der Waals surface area contributed by atoms with Crippen LogP contribution < -0.4 is 10.6 Å². The van der Waals surface area contributed by atoms with E-state index in [1.54, 1.807) is 0 Å². The minimum Gasteiger partial charge on any atom is -0.378 e. The van der Waals surface area contributed by atoms with Gasteiger partial charge >= 0.3 is 0 Å². The molecule has 2 saturated heterocycles. The van der Waals surface area contributed by atoms with Crippen LogP contribution in [0, 0.1) is 5.92 Å². The van der Waals surface area contributed by atoms with Gasteiger partial charge in [-0.15, -0.1) is 0 Å². The van der Waals surface area contributed by atoms with Crippen LogP contribution in [0.2, 0.25) is 0 Å². The molecule has 110 valence electrons. The van der Waals surface area contributed by atoms with Gasteiger partial charge in [0, 0.05) is 25.7 Å². The molecule has 19 heavy (non-hydrogen) atoms. The third kappa shape index (κ3) is 4.75. The predicted molar refractivity (Wildman–Crippen MR) is 75.1 cm³/mol. The number of carbonyl (C=O) groups is 1. The third-order valence-corrected chi connectivity index (χ3v) is 3.90. The molecule has 0 radical (unpaired) electrons. The molecule has 2 rings (SSSR count). The number of carbonyl (C=O) groups excluding carboxylic acids is 1. The first-order chi connectivity index (χ1) is 9.15. The van der Waals surface area contributed by atoms with Crippen LogP contribution in [-0.2, 0) is 9.53 Å². The minimum atomic E-state index is -0.184. The molecule has 0 saturated carbocycles. The summed E-state index contributed by atoms with van der Waals surface area (Å²) in [4.78, 5) is 14.5. The van der Waals surface area contributed by atoms with Gasteiger partial charge in [-0.1, -0.05) is 6.92 Å². The SMILES string of the molecule is CC1CCCN(CC(C)NC(=O)C2COCCN2)C1. The van der Waals surface area contributed by atoms with E-state index in [1.807, 2.05) is 0 Å². The number of rotatable bonds is 4. The fourth-order valence-electron chi connectivity index (χ4n) is 2.96. The van der Waals surface area contributed by atoms with Crippen molar-refractivity contribution >= 4 is 5.91 Å². The van der Waals surface area contributed by atoms with E-state index in [9.17, 15) is 4.79 Å². The standard InChI is InChI=1S/C14H27N3O2/c1-11-4-3-6-17(8-11)9-12(2)16-14(18)13-10-19-7-5-15-13/h11-13,15H,3-10H2,1-2H3,(H,16,18). The molecule has 3 atom stereocenters. The average Bonchev–Trinajstić information content (AvgIpc) is 2.39. The summed E-state index contributed by atoms with van der Waals surface area (Å²) >= 11 is 0. The normalized spacial score (nSPS) is 30.8. The van der Waals surface area contributed by atoms with E-state index in [2.05, 4.69) is 29.4 Å². The van der Waals surface area contributed by atoms with Crippen molar-refractivity contribution in [3.8, 4) is 0 Å². The summed E-state index contributed by atoms with van der Waals surface area (Å²) < 4.78 is 5.32. The highest BCUT2D eigenvalue weighted by atomic mass is 16.5. The van der Waals surface area contributed by atoms with Gasteiger partial charge in [0.1, 0.15) is 6.04 Å². The number of morpholine rings is 1. The molecule has 2 aliphatic rings. The van der Waals surface area contributed by atoms with E-state index < -0.39 is 0 Å². The van der Waals surface area contributed by atoms with Gasteiger partial charge in [0.2, 0.25) is 5.91 Å². The maximum atomic E-state index is 12.0. The van der Waals surface area contributed by atoms with E-state index >= 15 is 0 Å². The summed E-state index contributed by atoms with van der Waals surface area (Å²) in [5, 5.41) is 6.27. The molecule has 0 aromatic rings. The smallest absolute Gasteiger partial charge is 0.239 e. The molecule has 0 spiro atoms. The Bertz CT molecular complexity index is 292.